The average molecular weight is 393 g/mol. The predicted molar refractivity (Wildman–Crippen MR) is 99.8 cm³/mol. The van der Waals surface area contributed by atoms with Crippen LogP contribution >= 0.6 is 23.4 Å². The van der Waals surface area contributed by atoms with E-state index in [1.807, 2.05) is 0 Å². The molecule has 1 atom stereocenters. The van der Waals surface area contributed by atoms with E-state index in [0.717, 1.165) is 16.7 Å². The molecule has 0 bridgehead atoms. The lowest BCUT2D eigenvalue weighted by atomic mass is 10.3. The van der Waals surface area contributed by atoms with Crippen molar-refractivity contribution in [3.05, 3.63) is 59.4 Å². The van der Waals surface area contributed by atoms with Gasteiger partial charge in [0.2, 0.25) is 17.7 Å². The SMILES string of the molecule is O=C(CSC1CC(=O)N(c2ccccc2F)C1=O)Nc1ccc(Cl)cc1. The summed E-state index contributed by atoms with van der Waals surface area (Å²) < 4.78 is 13.9. The first-order valence-electron chi connectivity index (χ1n) is 7.74. The molecular formula is C18H14ClFN2O3S. The largest absolute Gasteiger partial charge is 0.325 e. The minimum atomic E-state index is -0.710. The lowest BCUT2D eigenvalue weighted by Gasteiger charge is -2.15. The van der Waals surface area contributed by atoms with Crippen LogP contribution in [0.3, 0.4) is 0 Å². The number of thioether (sulfide) groups is 1. The van der Waals surface area contributed by atoms with Gasteiger partial charge in [0.15, 0.2) is 0 Å². The van der Waals surface area contributed by atoms with E-state index < -0.39 is 22.9 Å². The van der Waals surface area contributed by atoms with Gasteiger partial charge >= 0.3 is 0 Å². The number of benzene rings is 2. The van der Waals surface area contributed by atoms with Crippen molar-refractivity contribution >= 4 is 52.5 Å². The van der Waals surface area contributed by atoms with Crippen molar-refractivity contribution in [1.29, 1.82) is 0 Å². The average Bonchev–Trinajstić information content (AvgIpc) is 2.89. The lowest BCUT2D eigenvalue weighted by Crippen LogP contribution is -2.32. The summed E-state index contributed by atoms with van der Waals surface area (Å²) in [6.07, 6.45) is -0.0634. The molecule has 1 unspecified atom stereocenters. The van der Waals surface area contributed by atoms with Crippen molar-refractivity contribution in [2.24, 2.45) is 0 Å². The summed E-state index contributed by atoms with van der Waals surface area (Å²) in [7, 11) is 0. The second-order valence-corrected chi connectivity index (χ2v) is 7.21. The fourth-order valence-electron chi connectivity index (χ4n) is 2.53. The van der Waals surface area contributed by atoms with Gasteiger partial charge in [-0.05, 0) is 36.4 Å². The Kier molecular flexibility index (Phi) is 5.58. The highest BCUT2D eigenvalue weighted by Crippen LogP contribution is 2.31. The van der Waals surface area contributed by atoms with Crippen LogP contribution in [-0.4, -0.2) is 28.7 Å². The van der Waals surface area contributed by atoms with E-state index >= 15 is 0 Å². The lowest BCUT2D eigenvalue weighted by molar-refractivity contribution is -0.121. The molecule has 0 aromatic heterocycles. The summed E-state index contributed by atoms with van der Waals surface area (Å²) >= 11 is 6.84. The summed E-state index contributed by atoms with van der Waals surface area (Å²) in [5, 5.41) is 2.53. The zero-order valence-electron chi connectivity index (χ0n) is 13.4. The molecule has 0 saturated carbocycles. The standard InChI is InChI=1S/C18H14ClFN2O3S/c19-11-5-7-12(8-6-11)21-16(23)10-26-15-9-17(24)22(18(15)25)14-4-2-1-3-13(14)20/h1-8,15H,9-10H2,(H,21,23). The van der Waals surface area contributed by atoms with Gasteiger partial charge in [0.1, 0.15) is 5.82 Å². The van der Waals surface area contributed by atoms with E-state index in [-0.39, 0.29) is 23.8 Å². The number of anilines is 2. The van der Waals surface area contributed by atoms with E-state index in [1.165, 1.54) is 18.2 Å². The summed E-state index contributed by atoms with van der Waals surface area (Å²) in [6, 6.07) is 12.2. The van der Waals surface area contributed by atoms with Gasteiger partial charge in [-0.1, -0.05) is 23.7 Å². The first-order valence-corrected chi connectivity index (χ1v) is 9.17. The number of hydrogen-bond acceptors (Lipinski definition) is 4. The van der Waals surface area contributed by atoms with Crippen molar-refractivity contribution in [2.75, 3.05) is 16.0 Å². The normalized spacial score (nSPS) is 16.8. The zero-order valence-corrected chi connectivity index (χ0v) is 15.0. The number of carbonyl (C=O) groups excluding carboxylic acids is 3. The number of amides is 3. The molecule has 1 fully saturated rings. The van der Waals surface area contributed by atoms with Crippen LogP contribution in [-0.2, 0) is 14.4 Å². The molecule has 1 N–H and O–H groups in total. The Labute approximate surface area is 158 Å². The van der Waals surface area contributed by atoms with Crippen LogP contribution in [0, 0.1) is 5.82 Å². The molecular weight excluding hydrogens is 379 g/mol. The number of hydrogen-bond donors (Lipinski definition) is 1. The molecule has 8 heteroatoms. The third-order valence-electron chi connectivity index (χ3n) is 3.74. The maximum absolute atomic E-state index is 13.9. The maximum Gasteiger partial charge on any atom is 0.247 e. The molecule has 134 valence electrons. The van der Waals surface area contributed by atoms with Crippen LogP contribution in [0.15, 0.2) is 48.5 Å². The van der Waals surface area contributed by atoms with Crippen LogP contribution in [0.2, 0.25) is 5.02 Å². The van der Waals surface area contributed by atoms with Crippen molar-refractivity contribution in [1.82, 2.24) is 0 Å². The highest BCUT2D eigenvalue weighted by Gasteiger charge is 2.41. The van der Waals surface area contributed by atoms with Crippen LogP contribution in [0.5, 0.6) is 0 Å². The molecule has 3 amide bonds. The Morgan fingerprint density at radius 1 is 1.19 bits per heavy atom. The Morgan fingerprint density at radius 2 is 1.88 bits per heavy atom. The Hall–Kier alpha value is -2.38. The molecule has 1 heterocycles. The van der Waals surface area contributed by atoms with Gasteiger partial charge in [-0.2, -0.15) is 0 Å². The molecule has 0 spiro atoms. The van der Waals surface area contributed by atoms with E-state index in [4.69, 9.17) is 11.6 Å². The number of carbonyl (C=O) groups is 3. The minimum absolute atomic E-state index is 0.00255. The molecule has 0 aliphatic carbocycles. The smallest absolute Gasteiger partial charge is 0.247 e. The molecule has 3 rings (SSSR count). The van der Waals surface area contributed by atoms with Crippen molar-refractivity contribution in [2.45, 2.75) is 11.7 Å². The van der Waals surface area contributed by atoms with E-state index in [9.17, 15) is 18.8 Å². The van der Waals surface area contributed by atoms with Crippen molar-refractivity contribution in [3.8, 4) is 0 Å². The molecule has 2 aromatic rings. The quantitative estimate of drug-likeness (QED) is 0.791. The van der Waals surface area contributed by atoms with Gasteiger partial charge in [-0.3, -0.25) is 14.4 Å². The second kappa shape index (κ2) is 7.88. The van der Waals surface area contributed by atoms with Crippen LogP contribution in [0.25, 0.3) is 0 Å². The molecule has 1 aliphatic rings. The molecule has 26 heavy (non-hydrogen) atoms. The number of rotatable bonds is 5. The predicted octanol–water partition coefficient (Wildman–Crippen LogP) is 3.48. The van der Waals surface area contributed by atoms with Crippen molar-refractivity contribution in [3.63, 3.8) is 0 Å². The van der Waals surface area contributed by atoms with Crippen LogP contribution in [0.1, 0.15) is 6.42 Å². The first-order chi connectivity index (χ1) is 12.5. The fraction of sp³-hybridized carbons (Fsp3) is 0.167. The van der Waals surface area contributed by atoms with Gasteiger partial charge in [0.25, 0.3) is 0 Å². The molecule has 1 aliphatic heterocycles. The molecule has 5 nitrogen and oxygen atoms in total. The fourth-order valence-corrected chi connectivity index (χ4v) is 3.59. The molecule has 0 radical (unpaired) electrons. The summed E-state index contributed by atoms with van der Waals surface area (Å²) in [5.74, 6) is -1.93. The van der Waals surface area contributed by atoms with Crippen molar-refractivity contribution < 1.29 is 18.8 Å². The summed E-state index contributed by atoms with van der Waals surface area (Å²) in [5.41, 5.74) is 0.526. The minimum Gasteiger partial charge on any atom is -0.325 e. The Bertz CT molecular complexity index is 860. The van der Waals surface area contributed by atoms with Gasteiger partial charge < -0.3 is 5.32 Å². The van der Waals surface area contributed by atoms with Crippen LogP contribution < -0.4 is 10.2 Å². The van der Waals surface area contributed by atoms with Gasteiger partial charge in [-0.15, -0.1) is 11.8 Å². The highest BCUT2D eigenvalue weighted by molar-refractivity contribution is 8.01. The summed E-state index contributed by atoms with van der Waals surface area (Å²) in [6.45, 7) is 0. The van der Waals surface area contributed by atoms with E-state index in [0.29, 0.717) is 10.7 Å². The van der Waals surface area contributed by atoms with E-state index in [2.05, 4.69) is 5.32 Å². The number of halogens is 2. The first kappa shape index (κ1) is 18.4. The maximum atomic E-state index is 13.9. The van der Waals surface area contributed by atoms with E-state index in [1.54, 1.807) is 30.3 Å². The third-order valence-corrected chi connectivity index (χ3v) is 5.19. The summed E-state index contributed by atoms with van der Waals surface area (Å²) in [4.78, 5) is 37.4. The second-order valence-electron chi connectivity index (χ2n) is 5.58. The number of nitrogens with zero attached hydrogens (tertiary/aromatic N) is 1. The topological polar surface area (TPSA) is 66.5 Å². The molecule has 1 saturated heterocycles. The third kappa shape index (κ3) is 4.05. The van der Waals surface area contributed by atoms with Crippen LogP contribution in [0.4, 0.5) is 15.8 Å². The number of para-hydroxylation sites is 1. The van der Waals surface area contributed by atoms with Gasteiger partial charge in [-0.25, -0.2) is 9.29 Å². The molecule has 2 aromatic carbocycles. The highest BCUT2D eigenvalue weighted by atomic mass is 35.5. The number of nitrogens with one attached hydrogen (secondary N) is 1. The number of imide groups is 1. The Morgan fingerprint density at radius 3 is 2.58 bits per heavy atom. The zero-order chi connectivity index (χ0) is 18.7. The Balaban J connectivity index is 1.60. The van der Waals surface area contributed by atoms with Gasteiger partial charge in [0, 0.05) is 17.1 Å². The van der Waals surface area contributed by atoms with Gasteiger partial charge in [0.05, 0.1) is 16.7 Å². The monoisotopic (exact) mass is 392 g/mol.